The van der Waals surface area contributed by atoms with Gasteiger partial charge in [0, 0.05) is 35.5 Å². The van der Waals surface area contributed by atoms with Crippen molar-refractivity contribution in [3.05, 3.63) is 11.6 Å². The van der Waals surface area contributed by atoms with Crippen molar-refractivity contribution in [2.24, 2.45) is 50.7 Å². The van der Waals surface area contributed by atoms with E-state index in [1.54, 1.807) is 0 Å². The van der Waals surface area contributed by atoms with E-state index < -0.39 is 23.0 Å². The Labute approximate surface area is 217 Å². The second-order valence-corrected chi connectivity index (χ2v) is 15.4. The van der Waals surface area contributed by atoms with Gasteiger partial charge in [0.05, 0.1) is 24.4 Å². The van der Waals surface area contributed by atoms with Crippen molar-refractivity contribution in [1.82, 2.24) is 0 Å². The van der Waals surface area contributed by atoms with Crippen LogP contribution in [0.15, 0.2) is 11.6 Å². The van der Waals surface area contributed by atoms with Gasteiger partial charge in [-0.15, -0.1) is 0 Å². The first-order valence-corrected chi connectivity index (χ1v) is 14.2. The van der Waals surface area contributed by atoms with Crippen LogP contribution in [0.2, 0.25) is 0 Å². The number of fused-ring (bicyclic) bond motifs is 7. The molecule has 36 heavy (non-hydrogen) atoms. The Morgan fingerprint density at radius 3 is 2.28 bits per heavy atom. The quantitative estimate of drug-likeness (QED) is 0.451. The molecule has 1 heterocycles. The second kappa shape index (κ2) is 7.76. The van der Waals surface area contributed by atoms with Gasteiger partial charge in [0.1, 0.15) is 11.6 Å². The van der Waals surface area contributed by atoms with Crippen molar-refractivity contribution < 1.29 is 24.5 Å². The van der Waals surface area contributed by atoms with Crippen LogP contribution in [0.3, 0.4) is 0 Å². The van der Waals surface area contributed by atoms with Gasteiger partial charge in [-0.05, 0) is 47.3 Å². The summed E-state index contributed by atoms with van der Waals surface area (Å²) in [5.74, 6) is 0.452. The fourth-order valence-electron chi connectivity index (χ4n) is 9.91. The molecule has 1 aliphatic heterocycles. The van der Waals surface area contributed by atoms with Gasteiger partial charge in [-0.1, -0.05) is 74.0 Å². The van der Waals surface area contributed by atoms with Gasteiger partial charge >= 0.3 is 0 Å². The highest BCUT2D eigenvalue weighted by Gasteiger charge is 2.73. The normalized spacial score (nSPS) is 52.5. The molecule has 0 radical (unpaired) electrons. The van der Waals surface area contributed by atoms with E-state index in [2.05, 4.69) is 54.5 Å². The highest BCUT2D eigenvalue weighted by atomic mass is 16.5. The van der Waals surface area contributed by atoms with E-state index in [-0.39, 0.29) is 63.7 Å². The number of carbonyl (C=O) groups is 2. The fourth-order valence-corrected chi connectivity index (χ4v) is 9.91. The van der Waals surface area contributed by atoms with Gasteiger partial charge in [-0.25, -0.2) is 0 Å². The van der Waals surface area contributed by atoms with Crippen LogP contribution >= 0.6 is 0 Å². The minimum absolute atomic E-state index is 0.0245. The van der Waals surface area contributed by atoms with Crippen molar-refractivity contribution in [1.29, 1.82) is 0 Å². The molecule has 3 saturated carbocycles. The van der Waals surface area contributed by atoms with E-state index in [4.69, 9.17) is 4.74 Å². The maximum atomic E-state index is 14.4. The summed E-state index contributed by atoms with van der Waals surface area (Å²) in [5, 5.41) is 21.7. The Kier molecular flexibility index (Phi) is 5.72. The summed E-state index contributed by atoms with van der Waals surface area (Å²) in [6.07, 6.45) is 3.43. The maximum absolute atomic E-state index is 14.4. The SMILES string of the molecule is C[C@H]1C(=O)C[C@@H](C(C)(C)C)O[C@H]2C[C@@]3(C)[C@@H]4CC=C5[C@@H](C[C@@H](O)[C@@H](O)C5(C)C)[C@]4(C)C(=O)C[C@]3(C)[C@H]21. The zero-order valence-electron chi connectivity index (χ0n) is 23.9. The molecule has 5 rings (SSSR count). The third-order valence-electron chi connectivity index (χ3n) is 12.4. The van der Waals surface area contributed by atoms with Crippen molar-refractivity contribution in [3.8, 4) is 0 Å². The van der Waals surface area contributed by atoms with E-state index in [9.17, 15) is 19.8 Å². The van der Waals surface area contributed by atoms with Gasteiger partial charge in [0.15, 0.2) is 0 Å². The first kappa shape index (κ1) is 26.6. The number of carbonyl (C=O) groups excluding carboxylic acids is 2. The smallest absolute Gasteiger partial charge is 0.140 e. The number of allylic oxidation sites excluding steroid dienone is 1. The van der Waals surface area contributed by atoms with Crippen LogP contribution in [0.5, 0.6) is 0 Å². The number of ketones is 2. The molecule has 1 saturated heterocycles. The average molecular weight is 501 g/mol. The molecule has 5 heteroatoms. The molecule has 0 bridgehead atoms. The number of ether oxygens (including phenoxy) is 1. The minimum atomic E-state index is -0.838. The van der Waals surface area contributed by atoms with Crippen LogP contribution in [0.1, 0.15) is 94.4 Å². The number of aliphatic hydroxyl groups is 2. The second-order valence-electron chi connectivity index (χ2n) is 15.4. The Balaban J connectivity index is 1.61. The minimum Gasteiger partial charge on any atom is -0.390 e. The Bertz CT molecular complexity index is 1000. The van der Waals surface area contributed by atoms with Crippen LogP contribution in [0, 0.1) is 50.7 Å². The van der Waals surface area contributed by atoms with E-state index in [1.807, 2.05) is 13.8 Å². The summed E-state index contributed by atoms with van der Waals surface area (Å²) in [5.41, 5.74) is -0.654. The van der Waals surface area contributed by atoms with Gasteiger partial charge in [0.25, 0.3) is 0 Å². The van der Waals surface area contributed by atoms with Crippen LogP contribution < -0.4 is 0 Å². The number of Topliss-reactive ketones (excluding diaryl/α,β-unsaturated/α-hetero) is 2. The molecule has 202 valence electrons. The highest BCUT2D eigenvalue weighted by Crippen LogP contribution is 2.74. The van der Waals surface area contributed by atoms with Crippen molar-refractivity contribution in [2.75, 3.05) is 0 Å². The zero-order valence-corrected chi connectivity index (χ0v) is 23.9. The lowest BCUT2D eigenvalue weighted by molar-refractivity contribution is -0.177. The number of aliphatic hydroxyl groups excluding tert-OH is 2. The summed E-state index contributed by atoms with van der Waals surface area (Å²) < 4.78 is 6.86. The van der Waals surface area contributed by atoms with Gasteiger partial charge in [-0.2, -0.15) is 0 Å². The molecule has 0 unspecified atom stereocenters. The largest absolute Gasteiger partial charge is 0.390 e. The number of hydrogen-bond donors (Lipinski definition) is 2. The molecule has 2 N–H and O–H groups in total. The number of hydrogen-bond acceptors (Lipinski definition) is 5. The van der Waals surface area contributed by atoms with Crippen LogP contribution in [-0.2, 0) is 14.3 Å². The van der Waals surface area contributed by atoms with Gasteiger partial charge in [-0.3, -0.25) is 9.59 Å². The maximum Gasteiger partial charge on any atom is 0.140 e. The molecule has 5 aliphatic rings. The first-order chi connectivity index (χ1) is 16.4. The van der Waals surface area contributed by atoms with E-state index in [1.165, 1.54) is 0 Å². The summed E-state index contributed by atoms with van der Waals surface area (Å²) in [4.78, 5) is 27.8. The monoisotopic (exact) mass is 500 g/mol. The molecule has 4 fully saturated rings. The summed E-state index contributed by atoms with van der Waals surface area (Å²) in [6.45, 7) is 19.3. The van der Waals surface area contributed by atoms with Crippen LogP contribution in [0.25, 0.3) is 0 Å². The van der Waals surface area contributed by atoms with E-state index >= 15 is 0 Å². The molecule has 0 aromatic rings. The lowest BCUT2D eigenvalue weighted by atomic mass is 9.38. The standard InChI is InChI=1S/C31H48O5/c1-16-19(32)13-24(27(2,3)4)36-21-14-29(7)22-11-10-17-18(12-20(33)26(35)28(17,5)6)31(22,9)23(34)15-30(29,8)25(16)21/h10,16,18,20-22,24-26,33,35H,11-15H2,1-9H3/t16-,18+,20+,21-,22-,24-,25-,26+,29-,30+,31-/m0/s1. The molecule has 0 aromatic heterocycles. The van der Waals surface area contributed by atoms with Crippen LogP contribution in [-0.4, -0.2) is 46.2 Å². The average Bonchev–Trinajstić information content (AvgIpc) is 2.88. The summed E-state index contributed by atoms with van der Waals surface area (Å²) in [7, 11) is 0. The van der Waals surface area contributed by atoms with Crippen molar-refractivity contribution in [3.63, 3.8) is 0 Å². The van der Waals surface area contributed by atoms with Crippen molar-refractivity contribution >= 4 is 11.6 Å². The molecule has 11 atom stereocenters. The third kappa shape index (κ3) is 3.18. The molecule has 4 aliphatic carbocycles. The number of rotatable bonds is 0. The Hall–Kier alpha value is -1.04. The van der Waals surface area contributed by atoms with E-state index in [0.29, 0.717) is 19.3 Å². The molecule has 0 amide bonds. The molecule has 0 spiro atoms. The van der Waals surface area contributed by atoms with Gasteiger partial charge in [0.2, 0.25) is 0 Å². The lowest BCUT2D eigenvalue weighted by Gasteiger charge is -2.64. The topological polar surface area (TPSA) is 83.8 Å². The first-order valence-electron chi connectivity index (χ1n) is 14.2. The summed E-state index contributed by atoms with van der Waals surface area (Å²) >= 11 is 0. The Morgan fingerprint density at radius 2 is 1.67 bits per heavy atom. The predicted molar refractivity (Wildman–Crippen MR) is 139 cm³/mol. The molecular weight excluding hydrogens is 452 g/mol. The Morgan fingerprint density at radius 1 is 1.03 bits per heavy atom. The van der Waals surface area contributed by atoms with E-state index in [0.717, 1.165) is 18.4 Å². The lowest BCUT2D eigenvalue weighted by Crippen LogP contribution is -2.64. The third-order valence-corrected chi connectivity index (χ3v) is 12.4. The molecular formula is C31H48O5. The van der Waals surface area contributed by atoms with Crippen molar-refractivity contribution in [2.45, 2.75) is 119 Å². The van der Waals surface area contributed by atoms with Crippen LogP contribution in [0.4, 0.5) is 0 Å². The highest BCUT2D eigenvalue weighted by molar-refractivity contribution is 5.89. The molecule has 5 nitrogen and oxygen atoms in total. The fraction of sp³-hybridized carbons (Fsp3) is 0.871. The van der Waals surface area contributed by atoms with Gasteiger partial charge < -0.3 is 14.9 Å². The summed E-state index contributed by atoms with van der Waals surface area (Å²) in [6, 6.07) is 0. The molecule has 0 aromatic carbocycles. The zero-order chi connectivity index (χ0) is 26.8. The predicted octanol–water partition coefficient (Wildman–Crippen LogP) is 5.12.